The molecule has 2 rings (SSSR count). The van der Waals surface area contributed by atoms with Gasteiger partial charge >= 0.3 is 12.0 Å². The van der Waals surface area contributed by atoms with Crippen LogP contribution in [0.4, 0.5) is 10.6 Å². The van der Waals surface area contributed by atoms with E-state index in [1.54, 1.807) is 17.8 Å². The molecule has 0 radical (unpaired) electrons. The van der Waals surface area contributed by atoms with Crippen molar-refractivity contribution >= 4 is 17.8 Å². The summed E-state index contributed by atoms with van der Waals surface area (Å²) in [5, 5.41) is 15.8. The molecule has 1 aromatic heterocycles. The van der Waals surface area contributed by atoms with Gasteiger partial charge in [-0.1, -0.05) is 6.07 Å². The second-order valence-corrected chi connectivity index (χ2v) is 5.92. The van der Waals surface area contributed by atoms with Gasteiger partial charge in [-0.05, 0) is 44.0 Å². The number of carbonyl (C=O) groups is 2. The zero-order valence-corrected chi connectivity index (χ0v) is 14.3. The summed E-state index contributed by atoms with van der Waals surface area (Å²) in [6.45, 7) is 6.09. The summed E-state index contributed by atoms with van der Waals surface area (Å²) in [5.41, 5.74) is 4.10. The van der Waals surface area contributed by atoms with E-state index < -0.39 is 5.97 Å². The number of carbonyl (C=O) groups excluding carboxylic acids is 1. The van der Waals surface area contributed by atoms with Crippen molar-refractivity contribution in [2.75, 3.05) is 18.9 Å². The number of nitrogens with zero attached hydrogens (tertiary/aromatic N) is 3. The van der Waals surface area contributed by atoms with Crippen LogP contribution in [-0.2, 0) is 4.79 Å². The van der Waals surface area contributed by atoms with E-state index in [0.717, 1.165) is 22.5 Å². The van der Waals surface area contributed by atoms with Crippen LogP contribution < -0.4 is 5.32 Å². The summed E-state index contributed by atoms with van der Waals surface area (Å²) in [7, 11) is 1.55. The first kappa shape index (κ1) is 17.5. The van der Waals surface area contributed by atoms with Gasteiger partial charge in [0.15, 0.2) is 5.82 Å². The van der Waals surface area contributed by atoms with Gasteiger partial charge in [-0.25, -0.2) is 9.48 Å². The molecule has 1 heterocycles. The van der Waals surface area contributed by atoms with Crippen molar-refractivity contribution in [1.29, 1.82) is 0 Å². The maximum absolute atomic E-state index is 12.1. The number of carboxylic acid groups (broad SMARTS) is 1. The Morgan fingerprint density at radius 3 is 2.38 bits per heavy atom. The minimum atomic E-state index is -0.940. The Hall–Kier alpha value is -2.83. The minimum absolute atomic E-state index is 0.0973. The van der Waals surface area contributed by atoms with Crippen LogP contribution in [-0.4, -0.2) is 45.4 Å². The van der Waals surface area contributed by atoms with Gasteiger partial charge in [0, 0.05) is 25.4 Å². The molecule has 24 heavy (non-hydrogen) atoms. The number of hydrogen-bond donors (Lipinski definition) is 2. The Morgan fingerprint density at radius 2 is 1.79 bits per heavy atom. The molecule has 0 unspecified atom stereocenters. The molecule has 7 nitrogen and oxygen atoms in total. The number of amides is 2. The number of rotatable bonds is 5. The number of carboxylic acids is 1. The number of aromatic nitrogens is 2. The lowest BCUT2D eigenvalue weighted by Gasteiger charge is -2.15. The lowest BCUT2D eigenvalue weighted by atomic mass is 10.1. The van der Waals surface area contributed by atoms with Crippen molar-refractivity contribution in [3.8, 4) is 5.69 Å². The van der Waals surface area contributed by atoms with E-state index in [9.17, 15) is 9.59 Å². The molecule has 0 bridgehead atoms. The van der Waals surface area contributed by atoms with E-state index in [1.165, 1.54) is 4.90 Å². The Bertz CT molecular complexity index is 747. The Kier molecular flexibility index (Phi) is 5.23. The largest absolute Gasteiger partial charge is 0.481 e. The van der Waals surface area contributed by atoms with Crippen LogP contribution in [0.15, 0.2) is 24.3 Å². The van der Waals surface area contributed by atoms with Crippen LogP contribution >= 0.6 is 0 Å². The lowest BCUT2D eigenvalue weighted by Crippen LogP contribution is -2.33. The standard InChI is InChI=1S/C17H22N4O3/c1-11-7-12(2)9-14(8-11)21-13(3)10-15(19-21)18-17(24)20(4)6-5-16(22)23/h7-10H,5-6H2,1-4H3,(H,22,23)(H,18,19,24). The second kappa shape index (κ2) is 7.16. The van der Waals surface area contributed by atoms with Crippen molar-refractivity contribution in [3.63, 3.8) is 0 Å². The van der Waals surface area contributed by atoms with Gasteiger partial charge in [0.25, 0.3) is 0 Å². The van der Waals surface area contributed by atoms with Crippen molar-refractivity contribution in [2.24, 2.45) is 0 Å². The molecule has 128 valence electrons. The Labute approximate surface area is 140 Å². The van der Waals surface area contributed by atoms with Crippen molar-refractivity contribution in [3.05, 3.63) is 41.1 Å². The summed E-state index contributed by atoms with van der Waals surface area (Å²) >= 11 is 0. The van der Waals surface area contributed by atoms with Gasteiger partial charge in [0.1, 0.15) is 0 Å². The number of benzene rings is 1. The van der Waals surface area contributed by atoms with Gasteiger partial charge in [-0.15, -0.1) is 5.10 Å². The summed E-state index contributed by atoms with van der Waals surface area (Å²) in [6.07, 6.45) is -0.0973. The Morgan fingerprint density at radius 1 is 1.17 bits per heavy atom. The van der Waals surface area contributed by atoms with E-state index in [-0.39, 0.29) is 19.0 Å². The first-order valence-electron chi connectivity index (χ1n) is 7.65. The third-order valence-corrected chi connectivity index (χ3v) is 3.58. The van der Waals surface area contributed by atoms with Crippen LogP contribution in [0.5, 0.6) is 0 Å². The lowest BCUT2D eigenvalue weighted by molar-refractivity contribution is -0.137. The van der Waals surface area contributed by atoms with Crippen LogP contribution in [0, 0.1) is 20.8 Å². The molecule has 1 aromatic carbocycles. The van der Waals surface area contributed by atoms with E-state index in [4.69, 9.17) is 5.11 Å². The average molecular weight is 330 g/mol. The number of hydrogen-bond acceptors (Lipinski definition) is 3. The molecule has 7 heteroatoms. The monoisotopic (exact) mass is 330 g/mol. The highest BCUT2D eigenvalue weighted by Crippen LogP contribution is 2.18. The summed E-state index contributed by atoms with van der Waals surface area (Å²) in [4.78, 5) is 24.0. The van der Waals surface area contributed by atoms with E-state index in [0.29, 0.717) is 5.82 Å². The summed E-state index contributed by atoms with van der Waals surface area (Å²) in [6, 6.07) is 7.53. The number of urea groups is 1. The van der Waals surface area contributed by atoms with Crippen LogP contribution in [0.25, 0.3) is 5.69 Å². The summed E-state index contributed by atoms with van der Waals surface area (Å²) in [5.74, 6) is -0.511. The maximum Gasteiger partial charge on any atom is 0.322 e. The molecule has 0 spiro atoms. The van der Waals surface area contributed by atoms with Crippen molar-refractivity contribution in [1.82, 2.24) is 14.7 Å². The van der Waals surface area contributed by atoms with Crippen LogP contribution in [0.1, 0.15) is 23.2 Å². The predicted molar refractivity (Wildman–Crippen MR) is 91.7 cm³/mol. The molecule has 2 aromatic rings. The number of aryl methyl sites for hydroxylation is 3. The zero-order valence-electron chi connectivity index (χ0n) is 14.3. The number of aliphatic carboxylic acids is 1. The van der Waals surface area contributed by atoms with Crippen molar-refractivity contribution in [2.45, 2.75) is 27.2 Å². The second-order valence-electron chi connectivity index (χ2n) is 5.92. The highest BCUT2D eigenvalue weighted by Gasteiger charge is 2.13. The molecule has 2 amide bonds. The van der Waals surface area contributed by atoms with Gasteiger partial charge in [0.2, 0.25) is 0 Å². The molecular weight excluding hydrogens is 308 g/mol. The molecule has 0 fully saturated rings. The molecule has 0 saturated carbocycles. The van der Waals surface area contributed by atoms with E-state index >= 15 is 0 Å². The van der Waals surface area contributed by atoms with Crippen LogP contribution in [0.2, 0.25) is 0 Å². The van der Waals surface area contributed by atoms with Crippen LogP contribution in [0.3, 0.4) is 0 Å². The first-order valence-corrected chi connectivity index (χ1v) is 7.65. The maximum atomic E-state index is 12.1. The predicted octanol–water partition coefficient (Wildman–Crippen LogP) is 2.74. The third-order valence-electron chi connectivity index (χ3n) is 3.58. The zero-order chi connectivity index (χ0) is 17.9. The van der Waals surface area contributed by atoms with Crippen molar-refractivity contribution < 1.29 is 14.7 Å². The molecule has 2 N–H and O–H groups in total. The molecule has 0 aliphatic rings. The normalized spacial score (nSPS) is 10.5. The highest BCUT2D eigenvalue weighted by atomic mass is 16.4. The van der Waals surface area contributed by atoms with Gasteiger partial charge < -0.3 is 10.0 Å². The fraction of sp³-hybridized carbons (Fsp3) is 0.353. The fourth-order valence-corrected chi connectivity index (χ4v) is 2.44. The molecule has 0 aliphatic heterocycles. The molecule has 0 saturated heterocycles. The Balaban J connectivity index is 2.14. The SMILES string of the molecule is Cc1cc(C)cc(-n2nc(NC(=O)N(C)CCC(=O)O)cc2C)c1. The quantitative estimate of drug-likeness (QED) is 0.882. The average Bonchev–Trinajstić information content (AvgIpc) is 2.84. The number of anilines is 1. The fourth-order valence-electron chi connectivity index (χ4n) is 2.44. The van der Waals surface area contributed by atoms with E-state index in [1.807, 2.05) is 32.9 Å². The molecule has 0 aliphatic carbocycles. The van der Waals surface area contributed by atoms with Gasteiger partial charge in [-0.3, -0.25) is 10.1 Å². The topological polar surface area (TPSA) is 87.5 Å². The van der Waals surface area contributed by atoms with Gasteiger partial charge in [0.05, 0.1) is 12.1 Å². The first-order chi connectivity index (χ1) is 11.3. The van der Waals surface area contributed by atoms with E-state index in [2.05, 4.69) is 16.5 Å². The summed E-state index contributed by atoms with van der Waals surface area (Å²) < 4.78 is 1.77. The third kappa shape index (κ3) is 4.34. The number of nitrogens with one attached hydrogen (secondary N) is 1. The molecule has 0 atom stereocenters. The minimum Gasteiger partial charge on any atom is -0.481 e. The van der Waals surface area contributed by atoms with Gasteiger partial charge in [-0.2, -0.15) is 0 Å². The smallest absolute Gasteiger partial charge is 0.322 e. The molecular formula is C17H22N4O3. The highest BCUT2D eigenvalue weighted by molar-refractivity contribution is 5.88.